The summed E-state index contributed by atoms with van der Waals surface area (Å²) in [4.78, 5) is 11.1. The second kappa shape index (κ2) is 5.80. The summed E-state index contributed by atoms with van der Waals surface area (Å²) in [7, 11) is 0. The predicted molar refractivity (Wildman–Crippen MR) is 71.4 cm³/mol. The van der Waals surface area contributed by atoms with E-state index in [0.717, 1.165) is 0 Å². The van der Waals surface area contributed by atoms with Crippen LogP contribution in [-0.2, 0) is 4.79 Å². The molecule has 6 heteroatoms. The van der Waals surface area contributed by atoms with Gasteiger partial charge in [-0.05, 0) is 18.1 Å². The maximum atomic E-state index is 11.1. The molecule has 0 bridgehead atoms. The van der Waals surface area contributed by atoms with E-state index in [0.29, 0.717) is 20.8 Å². The first-order valence-electron chi connectivity index (χ1n) is 4.96. The minimum atomic E-state index is -0.956. The van der Waals surface area contributed by atoms with Crippen LogP contribution in [0.5, 0.6) is 0 Å². The van der Waals surface area contributed by atoms with Crippen LogP contribution < -0.4 is 5.32 Å². The zero-order valence-electron chi connectivity index (χ0n) is 9.30. The normalized spacial score (nSPS) is 12.6. The summed E-state index contributed by atoms with van der Waals surface area (Å²) in [5.41, 5.74) is 0.388. The molecule has 1 rings (SSSR count). The molecule has 0 spiro atoms. The molecule has 1 aromatic carbocycles. The summed E-state index contributed by atoms with van der Waals surface area (Å²) < 4.78 is 0. The topological polar surface area (TPSA) is 49.3 Å². The molecule has 1 aromatic rings. The van der Waals surface area contributed by atoms with E-state index in [4.69, 9.17) is 39.9 Å². The summed E-state index contributed by atoms with van der Waals surface area (Å²) >= 11 is 17.7. The van der Waals surface area contributed by atoms with Crippen LogP contribution in [0.3, 0.4) is 0 Å². The Morgan fingerprint density at radius 3 is 2.06 bits per heavy atom. The fraction of sp³-hybridized carbons (Fsp3) is 0.364. The molecular formula is C11H12Cl3NO2. The molecule has 0 aromatic heterocycles. The third kappa shape index (κ3) is 3.66. The van der Waals surface area contributed by atoms with Crippen molar-refractivity contribution < 1.29 is 9.90 Å². The highest BCUT2D eigenvalue weighted by molar-refractivity contribution is 6.41. The van der Waals surface area contributed by atoms with E-state index in [9.17, 15) is 4.79 Å². The molecule has 0 saturated heterocycles. The van der Waals surface area contributed by atoms with Gasteiger partial charge < -0.3 is 10.4 Å². The second-order valence-corrected chi connectivity index (χ2v) is 5.20. The molecule has 0 fully saturated rings. The monoisotopic (exact) mass is 295 g/mol. The Morgan fingerprint density at radius 2 is 1.71 bits per heavy atom. The van der Waals surface area contributed by atoms with E-state index in [-0.39, 0.29) is 5.92 Å². The summed E-state index contributed by atoms with van der Waals surface area (Å²) in [5.74, 6) is -1.06. The Labute approximate surface area is 115 Å². The number of hydrogen-bond donors (Lipinski definition) is 2. The molecule has 1 atom stereocenters. The first-order valence-corrected chi connectivity index (χ1v) is 6.10. The molecule has 0 heterocycles. The highest BCUT2D eigenvalue weighted by atomic mass is 35.5. The van der Waals surface area contributed by atoms with Gasteiger partial charge in [-0.3, -0.25) is 0 Å². The van der Waals surface area contributed by atoms with Crippen molar-refractivity contribution in [1.29, 1.82) is 0 Å². The standard InChI is InChI=1S/C11H12Cl3NO2/c1-5(2)9(11(16)17)15-10-7(13)3-6(12)4-8(10)14/h3-5,9,15H,1-2H3,(H,16,17)/t9-/m0/s1. The van der Waals surface area contributed by atoms with Crippen LogP contribution in [0.1, 0.15) is 13.8 Å². The molecule has 0 aliphatic heterocycles. The van der Waals surface area contributed by atoms with Crippen LogP contribution >= 0.6 is 34.8 Å². The van der Waals surface area contributed by atoms with Gasteiger partial charge in [-0.2, -0.15) is 0 Å². The van der Waals surface area contributed by atoms with Gasteiger partial charge in [0.2, 0.25) is 0 Å². The smallest absolute Gasteiger partial charge is 0.326 e. The highest BCUT2D eigenvalue weighted by Crippen LogP contribution is 2.34. The van der Waals surface area contributed by atoms with E-state index < -0.39 is 12.0 Å². The number of benzene rings is 1. The van der Waals surface area contributed by atoms with Crippen LogP contribution in [0.4, 0.5) is 5.69 Å². The van der Waals surface area contributed by atoms with Gasteiger partial charge in [-0.15, -0.1) is 0 Å². The van der Waals surface area contributed by atoms with E-state index in [1.165, 1.54) is 12.1 Å². The van der Waals surface area contributed by atoms with Crippen LogP contribution in [0, 0.1) is 5.92 Å². The van der Waals surface area contributed by atoms with E-state index >= 15 is 0 Å². The lowest BCUT2D eigenvalue weighted by atomic mass is 10.0. The number of carbonyl (C=O) groups is 1. The third-order valence-electron chi connectivity index (χ3n) is 2.24. The fourth-order valence-corrected chi connectivity index (χ4v) is 2.28. The average Bonchev–Trinajstić information content (AvgIpc) is 2.14. The van der Waals surface area contributed by atoms with Crippen molar-refractivity contribution in [3.63, 3.8) is 0 Å². The lowest BCUT2D eigenvalue weighted by Crippen LogP contribution is -2.34. The van der Waals surface area contributed by atoms with Gasteiger partial charge in [0, 0.05) is 5.02 Å². The Hall–Kier alpha value is -0.640. The molecular weight excluding hydrogens is 284 g/mol. The van der Waals surface area contributed by atoms with Crippen LogP contribution in [0.2, 0.25) is 15.1 Å². The Bertz CT molecular complexity index is 412. The number of halogens is 3. The second-order valence-electron chi connectivity index (χ2n) is 3.95. The lowest BCUT2D eigenvalue weighted by molar-refractivity contribution is -0.138. The van der Waals surface area contributed by atoms with Crippen molar-refractivity contribution in [3.8, 4) is 0 Å². The molecule has 0 saturated carbocycles. The molecule has 3 nitrogen and oxygen atoms in total. The summed E-state index contributed by atoms with van der Waals surface area (Å²) in [6, 6.07) is 2.26. The maximum absolute atomic E-state index is 11.1. The van der Waals surface area contributed by atoms with Crippen molar-refractivity contribution >= 4 is 46.5 Å². The van der Waals surface area contributed by atoms with Crippen LogP contribution in [0.25, 0.3) is 0 Å². The van der Waals surface area contributed by atoms with Gasteiger partial charge in [-0.1, -0.05) is 48.7 Å². The Morgan fingerprint density at radius 1 is 1.24 bits per heavy atom. The van der Waals surface area contributed by atoms with E-state index in [2.05, 4.69) is 5.32 Å². The summed E-state index contributed by atoms with van der Waals surface area (Å²) in [5, 5.41) is 12.9. The molecule has 0 aliphatic rings. The highest BCUT2D eigenvalue weighted by Gasteiger charge is 2.23. The molecule has 94 valence electrons. The number of carboxylic acids is 1. The Kier molecular flexibility index (Phi) is 4.92. The molecule has 17 heavy (non-hydrogen) atoms. The third-order valence-corrected chi connectivity index (χ3v) is 3.05. The fourth-order valence-electron chi connectivity index (χ4n) is 1.35. The average molecular weight is 297 g/mol. The van der Waals surface area contributed by atoms with Crippen LogP contribution in [-0.4, -0.2) is 17.1 Å². The number of hydrogen-bond acceptors (Lipinski definition) is 2. The number of anilines is 1. The zero-order chi connectivity index (χ0) is 13.2. The van der Waals surface area contributed by atoms with Crippen molar-refractivity contribution in [2.24, 2.45) is 5.92 Å². The maximum Gasteiger partial charge on any atom is 0.326 e. The van der Waals surface area contributed by atoms with Gasteiger partial charge >= 0.3 is 5.97 Å². The minimum absolute atomic E-state index is 0.102. The van der Waals surface area contributed by atoms with Gasteiger partial charge in [0.25, 0.3) is 0 Å². The van der Waals surface area contributed by atoms with Crippen molar-refractivity contribution in [3.05, 3.63) is 27.2 Å². The van der Waals surface area contributed by atoms with Crippen molar-refractivity contribution in [2.75, 3.05) is 5.32 Å². The minimum Gasteiger partial charge on any atom is -0.480 e. The van der Waals surface area contributed by atoms with Crippen LogP contribution in [0.15, 0.2) is 12.1 Å². The SMILES string of the molecule is CC(C)[C@H](Nc1c(Cl)cc(Cl)cc1Cl)C(=O)O. The van der Waals surface area contributed by atoms with E-state index in [1.807, 2.05) is 0 Å². The zero-order valence-corrected chi connectivity index (χ0v) is 11.6. The summed E-state index contributed by atoms with van der Waals surface area (Å²) in [6.07, 6.45) is 0. The first-order chi connectivity index (χ1) is 7.82. The molecule has 0 amide bonds. The first kappa shape index (κ1) is 14.4. The van der Waals surface area contributed by atoms with Gasteiger partial charge in [-0.25, -0.2) is 4.79 Å². The number of carboxylic acid groups (broad SMARTS) is 1. The number of aliphatic carboxylic acids is 1. The van der Waals surface area contributed by atoms with Crippen molar-refractivity contribution in [1.82, 2.24) is 0 Å². The number of nitrogens with one attached hydrogen (secondary N) is 1. The Balaban J connectivity index is 3.05. The van der Waals surface area contributed by atoms with Crippen molar-refractivity contribution in [2.45, 2.75) is 19.9 Å². The molecule has 0 aliphatic carbocycles. The quantitative estimate of drug-likeness (QED) is 0.877. The van der Waals surface area contributed by atoms with Gasteiger partial charge in [0.15, 0.2) is 0 Å². The summed E-state index contributed by atoms with van der Waals surface area (Å²) in [6.45, 7) is 3.59. The largest absolute Gasteiger partial charge is 0.480 e. The van der Waals surface area contributed by atoms with E-state index in [1.54, 1.807) is 13.8 Å². The molecule has 0 unspecified atom stereocenters. The van der Waals surface area contributed by atoms with Gasteiger partial charge in [0.1, 0.15) is 6.04 Å². The lowest BCUT2D eigenvalue weighted by Gasteiger charge is -2.20. The number of rotatable bonds is 4. The molecule has 0 radical (unpaired) electrons. The predicted octanol–water partition coefficient (Wildman–Crippen LogP) is 4.17. The van der Waals surface area contributed by atoms with Gasteiger partial charge in [0.05, 0.1) is 15.7 Å². The molecule has 2 N–H and O–H groups in total.